The summed E-state index contributed by atoms with van der Waals surface area (Å²) in [5.41, 5.74) is 1.08. The van der Waals surface area contributed by atoms with Gasteiger partial charge >= 0.3 is 0 Å². The fourth-order valence-corrected chi connectivity index (χ4v) is 3.06. The van der Waals surface area contributed by atoms with Gasteiger partial charge in [0.15, 0.2) is 0 Å². The van der Waals surface area contributed by atoms with Crippen molar-refractivity contribution in [2.45, 2.75) is 45.1 Å². The maximum Gasteiger partial charge on any atom is 0.222 e. The van der Waals surface area contributed by atoms with Gasteiger partial charge in [0.05, 0.1) is 6.33 Å². The van der Waals surface area contributed by atoms with Crippen LogP contribution in [0.3, 0.4) is 0 Å². The number of likely N-dealkylation sites (tertiary alicyclic amines) is 1. The lowest BCUT2D eigenvalue weighted by atomic mass is 9.97. The molecule has 1 saturated heterocycles. The summed E-state index contributed by atoms with van der Waals surface area (Å²) >= 11 is 0. The lowest BCUT2D eigenvalue weighted by Gasteiger charge is -2.32. The maximum atomic E-state index is 12.4. The molecule has 0 spiro atoms. The van der Waals surface area contributed by atoms with Crippen LogP contribution in [0.25, 0.3) is 0 Å². The van der Waals surface area contributed by atoms with Crippen molar-refractivity contribution in [3.8, 4) is 0 Å². The van der Waals surface area contributed by atoms with E-state index in [0.29, 0.717) is 12.3 Å². The minimum Gasteiger partial charge on any atom is -0.346 e. The largest absolute Gasteiger partial charge is 0.346 e. The van der Waals surface area contributed by atoms with E-state index in [0.717, 1.165) is 50.4 Å². The van der Waals surface area contributed by atoms with Crippen molar-refractivity contribution in [3.63, 3.8) is 0 Å². The molecule has 0 aromatic carbocycles. The van der Waals surface area contributed by atoms with Crippen LogP contribution >= 0.6 is 0 Å². The average molecular weight is 301 g/mol. The summed E-state index contributed by atoms with van der Waals surface area (Å²) in [4.78, 5) is 26.1. The van der Waals surface area contributed by atoms with E-state index >= 15 is 0 Å². The summed E-state index contributed by atoms with van der Waals surface area (Å²) in [6.45, 7) is 4.52. The van der Waals surface area contributed by atoms with E-state index in [1.165, 1.54) is 0 Å². The van der Waals surface area contributed by atoms with Crippen LogP contribution in [0.1, 0.15) is 43.1 Å². The van der Waals surface area contributed by atoms with E-state index < -0.39 is 0 Å². The number of aromatic nitrogens is 4. The standard InChI is InChI=1S/C16H23N5O/c1-13-10-18-16(19-13)14-4-2-8-21(11-14)15(22)5-3-7-20-9-6-17-12-20/h6,9-10,12,14H,2-5,7-8,11H2,1H3,(H,18,19). The molecule has 0 saturated carbocycles. The Morgan fingerprint density at radius 2 is 2.41 bits per heavy atom. The van der Waals surface area contributed by atoms with Gasteiger partial charge in [-0.25, -0.2) is 9.97 Å². The number of carbonyl (C=O) groups excluding carboxylic acids is 1. The van der Waals surface area contributed by atoms with Gasteiger partial charge in [0.2, 0.25) is 5.91 Å². The van der Waals surface area contributed by atoms with Gasteiger partial charge in [0, 0.05) is 56.3 Å². The number of H-pyrrole nitrogens is 1. The van der Waals surface area contributed by atoms with Crippen molar-refractivity contribution in [2.24, 2.45) is 0 Å². The molecular weight excluding hydrogens is 278 g/mol. The molecule has 0 radical (unpaired) electrons. The highest BCUT2D eigenvalue weighted by Gasteiger charge is 2.25. The van der Waals surface area contributed by atoms with Crippen LogP contribution in [-0.2, 0) is 11.3 Å². The predicted molar refractivity (Wildman–Crippen MR) is 83.3 cm³/mol. The zero-order chi connectivity index (χ0) is 15.4. The summed E-state index contributed by atoms with van der Waals surface area (Å²) < 4.78 is 2.01. The topological polar surface area (TPSA) is 66.8 Å². The van der Waals surface area contributed by atoms with Crippen LogP contribution in [-0.4, -0.2) is 43.4 Å². The number of aromatic amines is 1. The number of piperidine rings is 1. The molecule has 1 unspecified atom stereocenters. The lowest BCUT2D eigenvalue weighted by molar-refractivity contribution is -0.132. The van der Waals surface area contributed by atoms with E-state index in [-0.39, 0.29) is 5.91 Å². The second-order valence-corrected chi connectivity index (χ2v) is 6.03. The van der Waals surface area contributed by atoms with Crippen LogP contribution in [0.15, 0.2) is 24.9 Å². The quantitative estimate of drug-likeness (QED) is 0.919. The van der Waals surface area contributed by atoms with Gasteiger partial charge in [-0.05, 0) is 26.2 Å². The van der Waals surface area contributed by atoms with Crippen LogP contribution in [0, 0.1) is 6.92 Å². The van der Waals surface area contributed by atoms with E-state index in [9.17, 15) is 4.79 Å². The first kappa shape index (κ1) is 14.8. The lowest BCUT2D eigenvalue weighted by Crippen LogP contribution is -2.39. The molecule has 6 nitrogen and oxygen atoms in total. The third-order valence-electron chi connectivity index (χ3n) is 4.25. The Labute approximate surface area is 130 Å². The second-order valence-electron chi connectivity index (χ2n) is 6.03. The van der Waals surface area contributed by atoms with Gasteiger partial charge < -0.3 is 14.5 Å². The Balaban J connectivity index is 1.49. The number of hydrogen-bond donors (Lipinski definition) is 1. The van der Waals surface area contributed by atoms with Crippen LogP contribution in [0.5, 0.6) is 0 Å². The summed E-state index contributed by atoms with van der Waals surface area (Å²) in [5, 5.41) is 0. The third-order valence-corrected chi connectivity index (χ3v) is 4.25. The zero-order valence-corrected chi connectivity index (χ0v) is 13.0. The SMILES string of the molecule is Cc1cnc(C2CCCN(C(=O)CCCn3ccnc3)C2)[nH]1. The fraction of sp³-hybridized carbons (Fsp3) is 0.562. The highest BCUT2D eigenvalue weighted by atomic mass is 16.2. The Morgan fingerprint density at radius 1 is 1.50 bits per heavy atom. The second kappa shape index (κ2) is 6.77. The van der Waals surface area contributed by atoms with Gasteiger partial charge in [-0.15, -0.1) is 0 Å². The molecule has 0 bridgehead atoms. The van der Waals surface area contributed by atoms with Gasteiger partial charge in [0.1, 0.15) is 5.82 Å². The molecule has 3 rings (SSSR count). The number of imidazole rings is 2. The Hall–Kier alpha value is -2.11. The number of nitrogens with one attached hydrogen (secondary N) is 1. The van der Waals surface area contributed by atoms with Gasteiger partial charge in [-0.1, -0.05) is 0 Å². The summed E-state index contributed by atoms with van der Waals surface area (Å²) in [6.07, 6.45) is 11.0. The number of nitrogens with zero attached hydrogens (tertiary/aromatic N) is 4. The number of hydrogen-bond acceptors (Lipinski definition) is 3. The van der Waals surface area contributed by atoms with Crippen molar-refractivity contribution in [1.29, 1.82) is 0 Å². The molecule has 0 aliphatic carbocycles. The Kier molecular flexibility index (Phi) is 4.56. The molecule has 1 atom stereocenters. The first-order valence-corrected chi connectivity index (χ1v) is 7.97. The van der Waals surface area contributed by atoms with E-state index in [1.54, 1.807) is 12.5 Å². The highest BCUT2D eigenvalue weighted by molar-refractivity contribution is 5.76. The predicted octanol–water partition coefficient (Wildman–Crippen LogP) is 2.10. The van der Waals surface area contributed by atoms with Gasteiger partial charge in [0.25, 0.3) is 0 Å². The monoisotopic (exact) mass is 301 g/mol. The highest BCUT2D eigenvalue weighted by Crippen LogP contribution is 2.25. The molecule has 6 heteroatoms. The van der Waals surface area contributed by atoms with Crippen LogP contribution < -0.4 is 0 Å². The van der Waals surface area contributed by atoms with Crippen LogP contribution in [0.2, 0.25) is 0 Å². The molecule has 2 aromatic heterocycles. The molecule has 1 aliphatic rings. The van der Waals surface area contributed by atoms with E-state index in [2.05, 4.69) is 15.0 Å². The molecule has 2 aromatic rings. The minimum absolute atomic E-state index is 0.257. The molecular formula is C16H23N5O. The zero-order valence-electron chi connectivity index (χ0n) is 13.0. The van der Waals surface area contributed by atoms with Crippen molar-refractivity contribution in [1.82, 2.24) is 24.4 Å². The van der Waals surface area contributed by atoms with Crippen molar-refractivity contribution in [3.05, 3.63) is 36.4 Å². The Bertz CT molecular complexity index is 604. The fourth-order valence-electron chi connectivity index (χ4n) is 3.06. The molecule has 1 N–H and O–H groups in total. The molecule has 1 amide bonds. The van der Waals surface area contributed by atoms with Crippen molar-refractivity contribution < 1.29 is 4.79 Å². The van der Waals surface area contributed by atoms with Crippen molar-refractivity contribution >= 4 is 5.91 Å². The minimum atomic E-state index is 0.257. The summed E-state index contributed by atoms with van der Waals surface area (Å²) in [5.74, 6) is 1.63. The van der Waals surface area contributed by atoms with E-state index in [4.69, 9.17) is 0 Å². The molecule has 22 heavy (non-hydrogen) atoms. The number of rotatable bonds is 5. The number of carbonyl (C=O) groups is 1. The van der Waals surface area contributed by atoms with Gasteiger partial charge in [-0.3, -0.25) is 4.79 Å². The number of aryl methyl sites for hydroxylation is 2. The average Bonchev–Trinajstić information content (AvgIpc) is 3.19. The summed E-state index contributed by atoms with van der Waals surface area (Å²) in [6, 6.07) is 0. The molecule has 1 aliphatic heterocycles. The van der Waals surface area contributed by atoms with Crippen molar-refractivity contribution in [2.75, 3.05) is 13.1 Å². The first-order chi connectivity index (χ1) is 10.7. The molecule has 3 heterocycles. The summed E-state index contributed by atoms with van der Waals surface area (Å²) in [7, 11) is 0. The normalized spacial score (nSPS) is 18.6. The third kappa shape index (κ3) is 3.55. The van der Waals surface area contributed by atoms with E-state index in [1.807, 2.05) is 28.8 Å². The first-order valence-electron chi connectivity index (χ1n) is 7.97. The van der Waals surface area contributed by atoms with Crippen LogP contribution in [0.4, 0.5) is 0 Å². The molecule has 118 valence electrons. The Morgan fingerprint density at radius 3 is 3.14 bits per heavy atom. The smallest absolute Gasteiger partial charge is 0.222 e. The molecule has 1 fully saturated rings. The van der Waals surface area contributed by atoms with Gasteiger partial charge in [-0.2, -0.15) is 0 Å². The maximum absolute atomic E-state index is 12.4. The number of amides is 1.